The van der Waals surface area contributed by atoms with Crippen molar-refractivity contribution in [2.75, 3.05) is 14.1 Å². The molecule has 3 rings (SSSR count). The number of likely N-dealkylation sites (N-methyl/N-ethyl adjacent to an activating group) is 1. The third-order valence-electron chi connectivity index (χ3n) is 4.21. The molecule has 1 N–H and O–H groups in total. The van der Waals surface area contributed by atoms with Crippen LogP contribution in [0.3, 0.4) is 0 Å². The Morgan fingerprint density at radius 1 is 1.19 bits per heavy atom. The number of benzene rings is 2. The van der Waals surface area contributed by atoms with Crippen LogP contribution in [0, 0.1) is 6.92 Å². The van der Waals surface area contributed by atoms with E-state index < -0.39 is 0 Å². The molecule has 0 fully saturated rings. The lowest BCUT2D eigenvalue weighted by Gasteiger charge is -2.24. The van der Waals surface area contributed by atoms with E-state index in [2.05, 4.69) is 21.5 Å². The van der Waals surface area contributed by atoms with Crippen LogP contribution in [-0.2, 0) is 11.3 Å². The monoisotopic (exact) mass is 349 g/mol. The van der Waals surface area contributed by atoms with Crippen LogP contribution >= 0.6 is 0 Å². The van der Waals surface area contributed by atoms with Crippen molar-refractivity contribution in [2.24, 2.45) is 0 Å². The molecule has 2 aromatic carbocycles. The Hall–Kier alpha value is -2.99. The second-order valence-electron chi connectivity index (χ2n) is 6.50. The first-order chi connectivity index (χ1) is 12.5. The normalized spacial score (nSPS) is 12.2. The third-order valence-corrected chi connectivity index (χ3v) is 4.21. The van der Waals surface area contributed by atoms with Gasteiger partial charge in [0, 0.05) is 6.54 Å². The molecule has 1 aromatic heterocycles. The maximum atomic E-state index is 12.7. The summed E-state index contributed by atoms with van der Waals surface area (Å²) in [5.74, 6) is -0.0130. The molecule has 3 aromatic rings. The molecule has 1 heterocycles. The zero-order chi connectivity index (χ0) is 18.5. The summed E-state index contributed by atoms with van der Waals surface area (Å²) in [7, 11) is 3.83. The second-order valence-corrected chi connectivity index (χ2v) is 6.50. The van der Waals surface area contributed by atoms with E-state index in [1.54, 1.807) is 11.0 Å². The molecule has 26 heavy (non-hydrogen) atoms. The molecule has 6 nitrogen and oxygen atoms in total. The van der Waals surface area contributed by atoms with Crippen LogP contribution in [-0.4, -0.2) is 39.7 Å². The molecule has 0 saturated carbocycles. The summed E-state index contributed by atoms with van der Waals surface area (Å²) in [6.07, 6.45) is 3.15. The zero-order valence-electron chi connectivity index (χ0n) is 15.3. The average Bonchev–Trinajstić information content (AvgIpc) is 3.15. The number of aryl methyl sites for hydroxylation is 1. The van der Waals surface area contributed by atoms with Crippen LogP contribution in [0.2, 0.25) is 0 Å². The molecule has 0 bridgehead atoms. The molecule has 0 radical (unpaired) electrons. The number of hydrogen-bond donors (Lipinski definition) is 1. The minimum absolute atomic E-state index is 0.0130. The maximum absolute atomic E-state index is 12.7. The van der Waals surface area contributed by atoms with E-state index in [1.165, 1.54) is 6.33 Å². The Kier molecular flexibility index (Phi) is 5.43. The summed E-state index contributed by atoms with van der Waals surface area (Å²) in [5.41, 5.74) is 4.10. The van der Waals surface area contributed by atoms with Crippen molar-refractivity contribution in [3.05, 3.63) is 77.9 Å². The fourth-order valence-corrected chi connectivity index (χ4v) is 2.92. The molecule has 0 saturated heterocycles. The quantitative estimate of drug-likeness (QED) is 0.743. The molecular weight excluding hydrogens is 326 g/mol. The topological polar surface area (TPSA) is 63.1 Å². The molecule has 0 aliphatic carbocycles. The van der Waals surface area contributed by atoms with Crippen LogP contribution in [0.25, 0.3) is 5.69 Å². The Bertz CT molecular complexity index is 856. The van der Waals surface area contributed by atoms with E-state index in [9.17, 15) is 4.79 Å². The van der Waals surface area contributed by atoms with Crippen molar-refractivity contribution in [3.8, 4) is 5.69 Å². The molecule has 1 amide bonds. The molecule has 1 unspecified atom stereocenters. The van der Waals surface area contributed by atoms with Gasteiger partial charge in [0.1, 0.15) is 18.7 Å². The highest BCUT2D eigenvalue weighted by Crippen LogP contribution is 2.20. The summed E-state index contributed by atoms with van der Waals surface area (Å²) >= 11 is 0. The van der Waals surface area contributed by atoms with Crippen molar-refractivity contribution in [1.82, 2.24) is 25.0 Å². The number of amides is 1. The van der Waals surface area contributed by atoms with Crippen molar-refractivity contribution in [3.63, 3.8) is 0 Å². The van der Waals surface area contributed by atoms with Gasteiger partial charge in [-0.05, 0) is 44.3 Å². The van der Waals surface area contributed by atoms with Gasteiger partial charge >= 0.3 is 0 Å². The van der Waals surface area contributed by atoms with Crippen LogP contribution in [0.15, 0.2) is 61.2 Å². The molecule has 0 spiro atoms. The second kappa shape index (κ2) is 7.93. The average molecular weight is 349 g/mol. The van der Waals surface area contributed by atoms with E-state index in [4.69, 9.17) is 0 Å². The first kappa shape index (κ1) is 17.8. The molecular formula is C20H23N5O. The number of rotatable bonds is 6. The fraction of sp³-hybridized carbons (Fsp3) is 0.250. The SMILES string of the molecule is Cc1cccc(C(C(=O)NCc2ccc(-n3cncn3)cc2)N(C)C)c1. The summed E-state index contributed by atoms with van der Waals surface area (Å²) in [6, 6.07) is 15.6. The van der Waals surface area contributed by atoms with E-state index in [0.29, 0.717) is 6.54 Å². The molecule has 134 valence electrons. The van der Waals surface area contributed by atoms with Gasteiger partial charge in [-0.3, -0.25) is 9.69 Å². The van der Waals surface area contributed by atoms with E-state index in [0.717, 1.165) is 22.4 Å². The summed E-state index contributed by atoms with van der Waals surface area (Å²) in [5, 5.41) is 7.14. The van der Waals surface area contributed by atoms with Crippen molar-refractivity contribution >= 4 is 5.91 Å². The Morgan fingerprint density at radius 2 is 1.96 bits per heavy atom. The molecule has 6 heteroatoms. The Labute approximate surface area is 153 Å². The van der Waals surface area contributed by atoms with E-state index in [-0.39, 0.29) is 11.9 Å². The highest BCUT2D eigenvalue weighted by Gasteiger charge is 2.22. The van der Waals surface area contributed by atoms with Gasteiger partial charge < -0.3 is 5.32 Å². The number of nitrogens with one attached hydrogen (secondary N) is 1. The Balaban J connectivity index is 1.66. The number of nitrogens with zero attached hydrogens (tertiary/aromatic N) is 4. The third kappa shape index (κ3) is 4.15. The van der Waals surface area contributed by atoms with Gasteiger partial charge in [0.15, 0.2) is 0 Å². The largest absolute Gasteiger partial charge is 0.350 e. The van der Waals surface area contributed by atoms with E-state index in [1.807, 2.05) is 68.4 Å². The van der Waals surface area contributed by atoms with Crippen LogP contribution < -0.4 is 5.32 Å². The van der Waals surface area contributed by atoms with Gasteiger partial charge in [-0.2, -0.15) is 5.10 Å². The summed E-state index contributed by atoms with van der Waals surface area (Å²) in [6.45, 7) is 2.51. The van der Waals surface area contributed by atoms with Crippen molar-refractivity contribution in [2.45, 2.75) is 19.5 Å². The fourth-order valence-electron chi connectivity index (χ4n) is 2.92. The van der Waals surface area contributed by atoms with E-state index >= 15 is 0 Å². The highest BCUT2D eigenvalue weighted by molar-refractivity contribution is 5.83. The van der Waals surface area contributed by atoms with Gasteiger partial charge in [0.25, 0.3) is 0 Å². The highest BCUT2D eigenvalue weighted by atomic mass is 16.2. The van der Waals surface area contributed by atoms with Gasteiger partial charge in [0.2, 0.25) is 5.91 Å². The van der Waals surface area contributed by atoms with Gasteiger partial charge in [0.05, 0.1) is 5.69 Å². The van der Waals surface area contributed by atoms with Crippen molar-refractivity contribution < 1.29 is 4.79 Å². The van der Waals surface area contributed by atoms with Gasteiger partial charge in [-0.25, -0.2) is 9.67 Å². The predicted molar refractivity (Wildman–Crippen MR) is 101 cm³/mol. The van der Waals surface area contributed by atoms with Gasteiger partial charge in [-0.15, -0.1) is 0 Å². The van der Waals surface area contributed by atoms with Crippen LogP contribution in [0.4, 0.5) is 0 Å². The smallest absolute Gasteiger partial charge is 0.242 e. The minimum atomic E-state index is -0.315. The lowest BCUT2D eigenvalue weighted by molar-refractivity contribution is -0.125. The lowest BCUT2D eigenvalue weighted by Crippen LogP contribution is -2.36. The van der Waals surface area contributed by atoms with Crippen LogP contribution in [0.1, 0.15) is 22.7 Å². The minimum Gasteiger partial charge on any atom is -0.350 e. The number of aromatic nitrogens is 3. The van der Waals surface area contributed by atoms with Gasteiger partial charge in [-0.1, -0.05) is 42.0 Å². The summed E-state index contributed by atoms with van der Waals surface area (Å²) < 4.78 is 1.70. The zero-order valence-corrected chi connectivity index (χ0v) is 15.3. The number of hydrogen-bond acceptors (Lipinski definition) is 4. The lowest BCUT2D eigenvalue weighted by atomic mass is 10.0. The van der Waals surface area contributed by atoms with Crippen LogP contribution in [0.5, 0.6) is 0 Å². The molecule has 1 atom stereocenters. The first-order valence-corrected chi connectivity index (χ1v) is 8.49. The Morgan fingerprint density at radius 3 is 2.58 bits per heavy atom. The molecule has 0 aliphatic rings. The number of carbonyl (C=O) groups excluding carboxylic acids is 1. The maximum Gasteiger partial charge on any atom is 0.242 e. The standard InChI is InChI=1S/C20H23N5O/c1-15-5-4-6-17(11-15)19(24(2)3)20(26)22-12-16-7-9-18(10-8-16)25-14-21-13-23-25/h4-11,13-14,19H,12H2,1-3H3,(H,22,26). The predicted octanol–water partition coefficient (Wildman–Crippen LogP) is 2.49. The first-order valence-electron chi connectivity index (χ1n) is 8.49. The van der Waals surface area contributed by atoms with Crippen molar-refractivity contribution in [1.29, 1.82) is 0 Å². The summed E-state index contributed by atoms with van der Waals surface area (Å²) in [4.78, 5) is 18.6. The number of carbonyl (C=O) groups is 1. The molecule has 0 aliphatic heterocycles.